The zero-order chi connectivity index (χ0) is 16.0. The van der Waals surface area contributed by atoms with Crippen LogP contribution >= 0.6 is 0 Å². The van der Waals surface area contributed by atoms with E-state index in [1.54, 1.807) is 18.5 Å². The molecule has 0 fully saturated rings. The second-order valence-corrected chi connectivity index (χ2v) is 4.57. The number of hydrogen-bond acceptors (Lipinski definition) is 3. The van der Waals surface area contributed by atoms with Gasteiger partial charge in [-0.15, -0.1) is 0 Å². The van der Waals surface area contributed by atoms with Gasteiger partial charge in [0.1, 0.15) is 0 Å². The van der Waals surface area contributed by atoms with Gasteiger partial charge in [0.05, 0.1) is 12.1 Å². The number of amides is 1. The standard InChI is InChI=1S/C15H14F3N3O/c16-15(17,18)12-4-1-5-13(7-12)20-10-14(22)21-9-11-3-2-6-19-8-11/h1-8,20H,9-10H2,(H,21,22). The number of nitrogens with zero attached hydrogens (tertiary/aromatic N) is 1. The average Bonchev–Trinajstić information content (AvgIpc) is 2.51. The maximum atomic E-state index is 12.6. The molecular weight excluding hydrogens is 295 g/mol. The molecule has 0 aliphatic rings. The molecule has 1 aromatic heterocycles. The summed E-state index contributed by atoms with van der Waals surface area (Å²) in [6.07, 6.45) is -1.15. The van der Waals surface area contributed by atoms with E-state index in [1.807, 2.05) is 6.07 Å². The topological polar surface area (TPSA) is 54.0 Å². The minimum Gasteiger partial charge on any atom is -0.376 e. The molecule has 0 bridgehead atoms. The number of pyridine rings is 1. The Kier molecular flexibility index (Phi) is 4.98. The number of carbonyl (C=O) groups excluding carboxylic acids is 1. The minimum atomic E-state index is -4.40. The van der Waals surface area contributed by atoms with Crippen molar-refractivity contribution in [2.24, 2.45) is 0 Å². The van der Waals surface area contributed by atoms with Crippen molar-refractivity contribution in [2.45, 2.75) is 12.7 Å². The highest BCUT2D eigenvalue weighted by Crippen LogP contribution is 2.30. The third-order valence-corrected chi connectivity index (χ3v) is 2.86. The maximum absolute atomic E-state index is 12.6. The number of benzene rings is 1. The lowest BCUT2D eigenvalue weighted by Crippen LogP contribution is -2.29. The highest BCUT2D eigenvalue weighted by molar-refractivity contribution is 5.80. The SMILES string of the molecule is O=C(CNc1cccc(C(F)(F)F)c1)NCc1cccnc1. The first kappa shape index (κ1) is 15.8. The van der Waals surface area contributed by atoms with Crippen molar-refractivity contribution < 1.29 is 18.0 Å². The zero-order valence-electron chi connectivity index (χ0n) is 11.5. The lowest BCUT2D eigenvalue weighted by molar-refractivity contribution is -0.137. The van der Waals surface area contributed by atoms with Crippen LogP contribution in [0.5, 0.6) is 0 Å². The van der Waals surface area contributed by atoms with E-state index in [4.69, 9.17) is 0 Å². The van der Waals surface area contributed by atoms with E-state index in [-0.39, 0.29) is 18.1 Å². The van der Waals surface area contributed by atoms with Gasteiger partial charge in [-0.05, 0) is 29.8 Å². The fraction of sp³-hybridized carbons (Fsp3) is 0.200. The van der Waals surface area contributed by atoms with Gasteiger partial charge >= 0.3 is 6.18 Å². The molecule has 1 aromatic carbocycles. The number of aromatic nitrogens is 1. The van der Waals surface area contributed by atoms with Gasteiger partial charge in [-0.25, -0.2) is 0 Å². The van der Waals surface area contributed by atoms with Gasteiger partial charge in [0.2, 0.25) is 5.91 Å². The van der Waals surface area contributed by atoms with E-state index >= 15 is 0 Å². The lowest BCUT2D eigenvalue weighted by Gasteiger charge is -2.11. The molecular formula is C15H14F3N3O. The normalized spacial score (nSPS) is 11.0. The second kappa shape index (κ2) is 6.93. The summed E-state index contributed by atoms with van der Waals surface area (Å²) >= 11 is 0. The van der Waals surface area contributed by atoms with Crippen LogP contribution < -0.4 is 10.6 Å². The van der Waals surface area contributed by atoms with Gasteiger partial charge in [-0.1, -0.05) is 12.1 Å². The van der Waals surface area contributed by atoms with Crippen LogP contribution in [0.1, 0.15) is 11.1 Å². The first-order valence-corrected chi connectivity index (χ1v) is 6.52. The fourth-order valence-corrected chi connectivity index (χ4v) is 1.75. The van der Waals surface area contributed by atoms with E-state index in [0.717, 1.165) is 17.7 Å². The molecule has 0 aliphatic carbocycles. The van der Waals surface area contributed by atoms with Crippen molar-refractivity contribution in [1.82, 2.24) is 10.3 Å². The fourth-order valence-electron chi connectivity index (χ4n) is 1.75. The number of nitrogens with one attached hydrogen (secondary N) is 2. The molecule has 1 amide bonds. The molecule has 0 atom stereocenters. The van der Waals surface area contributed by atoms with E-state index in [1.165, 1.54) is 12.1 Å². The Bertz CT molecular complexity index is 629. The number of carbonyl (C=O) groups is 1. The van der Waals surface area contributed by atoms with Gasteiger partial charge < -0.3 is 10.6 Å². The third-order valence-electron chi connectivity index (χ3n) is 2.86. The average molecular weight is 309 g/mol. The molecule has 2 aromatic rings. The van der Waals surface area contributed by atoms with Gasteiger partial charge in [0.15, 0.2) is 0 Å². The molecule has 0 unspecified atom stereocenters. The third kappa shape index (κ3) is 4.76. The monoisotopic (exact) mass is 309 g/mol. The van der Waals surface area contributed by atoms with Crippen LogP contribution in [0.25, 0.3) is 0 Å². The molecule has 0 aliphatic heterocycles. The number of rotatable bonds is 5. The van der Waals surface area contributed by atoms with E-state index < -0.39 is 11.7 Å². The van der Waals surface area contributed by atoms with Crippen LogP contribution in [0.3, 0.4) is 0 Å². The first-order chi connectivity index (χ1) is 10.4. The first-order valence-electron chi connectivity index (χ1n) is 6.52. The maximum Gasteiger partial charge on any atom is 0.416 e. The molecule has 2 N–H and O–H groups in total. The summed E-state index contributed by atoms with van der Waals surface area (Å²) in [6.45, 7) is 0.207. The highest BCUT2D eigenvalue weighted by atomic mass is 19.4. The molecule has 116 valence electrons. The van der Waals surface area contributed by atoms with Gasteiger partial charge in [-0.2, -0.15) is 13.2 Å². The molecule has 0 saturated carbocycles. The van der Waals surface area contributed by atoms with E-state index in [0.29, 0.717) is 6.54 Å². The van der Waals surface area contributed by atoms with Gasteiger partial charge in [0, 0.05) is 24.6 Å². The molecule has 4 nitrogen and oxygen atoms in total. The number of anilines is 1. The summed E-state index contributed by atoms with van der Waals surface area (Å²) in [4.78, 5) is 15.6. The van der Waals surface area contributed by atoms with E-state index in [9.17, 15) is 18.0 Å². The Labute approximate surface area is 125 Å². The summed E-state index contributed by atoms with van der Waals surface area (Å²) in [5.74, 6) is -0.318. The molecule has 1 heterocycles. The second-order valence-electron chi connectivity index (χ2n) is 4.57. The number of halogens is 3. The summed E-state index contributed by atoms with van der Waals surface area (Å²) in [5.41, 5.74) is 0.328. The Hall–Kier alpha value is -2.57. The summed E-state index contributed by atoms with van der Waals surface area (Å²) in [6, 6.07) is 8.28. The predicted octanol–water partition coefficient (Wildman–Crippen LogP) is 2.83. The summed E-state index contributed by atoms with van der Waals surface area (Å²) in [5, 5.41) is 5.32. The minimum absolute atomic E-state index is 0.110. The van der Waals surface area contributed by atoms with Gasteiger partial charge in [0.25, 0.3) is 0 Å². The van der Waals surface area contributed by atoms with E-state index in [2.05, 4.69) is 15.6 Å². The molecule has 0 radical (unpaired) electrons. The van der Waals surface area contributed by atoms with Gasteiger partial charge in [-0.3, -0.25) is 9.78 Å². The largest absolute Gasteiger partial charge is 0.416 e. The highest BCUT2D eigenvalue weighted by Gasteiger charge is 2.30. The number of hydrogen-bond donors (Lipinski definition) is 2. The van der Waals surface area contributed by atoms with Crippen LogP contribution in [-0.4, -0.2) is 17.4 Å². The quantitative estimate of drug-likeness (QED) is 0.893. The molecule has 2 rings (SSSR count). The van der Waals surface area contributed by atoms with Crippen molar-refractivity contribution in [3.63, 3.8) is 0 Å². The molecule has 22 heavy (non-hydrogen) atoms. The Morgan fingerprint density at radius 2 is 2.00 bits per heavy atom. The number of alkyl halides is 3. The Morgan fingerprint density at radius 3 is 2.68 bits per heavy atom. The lowest BCUT2D eigenvalue weighted by atomic mass is 10.2. The Morgan fingerprint density at radius 1 is 1.18 bits per heavy atom. The van der Waals surface area contributed by atoms with Crippen molar-refractivity contribution in [2.75, 3.05) is 11.9 Å². The van der Waals surface area contributed by atoms with Crippen molar-refractivity contribution >= 4 is 11.6 Å². The smallest absolute Gasteiger partial charge is 0.376 e. The van der Waals surface area contributed by atoms with Crippen LogP contribution in [0.4, 0.5) is 18.9 Å². The predicted molar refractivity (Wildman–Crippen MR) is 76.0 cm³/mol. The summed E-state index contributed by atoms with van der Waals surface area (Å²) < 4.78 is 37.7. The van der Waals surface area contributed by atoms with Crippen molar-refractivity contribution in [3.8, 4) is 0 Å². The van der Waals surface area contributed by atoms with Crippen molar-refractivity contribution in [1.29, 1.82) is 0 Å². The molecule has 0 spiro atoms. The van der Waals surface area contributed by atoms with Crippen LogP contribution in [0, 0.1) is 0 Å². The zero-order valence-corrected chi connectivity index (χ0v) is 11.5. The molecule has 0 saturated heterocycles. The van der Waals surface area contributed by atoms with Crippen molar-refractivity contribution in [3.05, 3.63) is 59.9 Å². The van der Waals surface area contributed by atoms with Crippen LogP contribution in [-0.2, 0) is 17.5 Å². The molecule has 7 heteroatoms. The van der Waals surface area contributed by atoms with Crippen LogP contribution in [0.15, 0.2) is 48.8 Å². The van der Waals surface area contributed by atoms with Crippen LogP contribution in [0.2, 0.25) is 0 Å². The summed E-state index contributed by atoms with van der Waals surface area (Å²) in [7, 11) is 0. The Balaban J connectivity index is 1.84.